The highest BCUT2D eigenvalue weighted by Gasteiger charge is 2.03. The van der Waals surface area contributed by atoms with Crippen LogP contribution in [0.5, 0.6) is 0 Å². The van der Waals surface area contributed by atoms with Crippen LogP contribution in [-0.2, 0) is 0 Å². The van der Waals surface area contributed by atoms with E-state index in [1.807, 2.05) is 6.08 Å². The summed E-state index contributed by atoms with van der Waals surface area (Å²) in [5.74, 6) is 0.777. The summed E-state index contributed by atoms with van der Waals surface area (Å²) >= 11 is 1.36. The highest BCUT2D eigenvalue weighted by Crippen LogP contribution is 2.06. The average Bonchev–Trinajstić information content (AvgIpc) is 1.88. The van der Waals surface area contributed by atoms with Gasteiger partial charge in [0, 0.05) is 12.0 Å². The molecule has 1 amide bonds. The molecule has 1 rings (SSSR count). The number of amides is 1. The van der Waals surface area contributed by atoms with Gasteiger partial charge >= 0.3 is 6.09 Å². The lowest BCUT2D eigenvalue weighted by atomic mass is 10.7. The summed E-state index contributed by atoms with van der Waals surface area (Å²) in [6.45, 7) is 0. The summed E-state index contributed by atoms with van der Waals surface area (Å²) < 4.78 is 0. The fourth-order valence-corrected chi connectivity index (χ4v) is 1.12. The quantitative estimate of drug-likeness (QED) is 0.550. The van der Waals surface area contributed by atoms with E-state index >= 15 is 0 Å². The molecule has 0 radical (unpaired) electrons. The number of aliphatic imine (C=N–C) groups is 1. The molecule has 0 atom stereocenters. The molecule has 0 aromatic carbocycles. The molecule has 10 heavy (non-hydrogen) atoms. The average molecular weight is 158 g/mol. The third-order valence-corrected chi connectivity index (χ3v) is 1.67. The SMILES string of the molecule is O=C(O)NC1=NC=CCS1. The van der Waals surface area contributed by atoms with Crippen LogP contribution in [0.2, 0.25) is 0 Å². The van der Waals surface area contributed by atoms with Gasteiger partial charge in [-0.2, -0.15) is 0 Å². The second-order valence-corrected chi connectivity index (χ2v) is 2.57. The van der Waals surface area contributed by atoms with Gasteiger partial charge in [0.05, 0.1) is 0 Å². The van der Waals surface area contributed by atoms with E-state index in [9.17, 15) is 4.79 Å². The molecule has 5 heteroatoms. The Morgan fingerprint density at radius 1 is 1.90 bits per heavy atom. The molecule has 0 aliphatic carbocycles. The fourth-order valence-electron chi connectivity index (χ4n) is 0.488. The second-order valence-electron chi connectivity index (χ2n) is 1.56. The third-order valence-electron chi connectivity index (χ3n) is 0.827. The van der Waals surface area contributed by atoms with Gasteiger partial charge in [0.2, 0.25) is 0 Å². The molecular formula is C5H6N2O2S. The molecule has 1 aliphatic rings. The van der Waals surface area contributed by atoms with E-state index in [0.29, 0.717) is 5.17 Å². The number of nitrogens with zero attached hydrogens (tertiary/aromatic N) is 1. The third kappa shape index (κ3) is 2.10. The number of amidine groups is 1. The van der Waals surface area contributed by atoms with Crippen molar-refractivity contribution in [3.63, 3.8) is 0 Å². The Bertz CT molecular complexity index is 200. The normalized spacial score (nSPS) is 16.2. The first kappa shape index (κ1) is 7.14. The molecule has 54 valence electrons. The molecule has 1 heterocycles. The van der Waals surface area contributed by atoms with Crippen molar-refractivity contribution in [2.24, 2.45) is 4.99 Å². The lowest BCUT2D eigenvalue weighted by Gasteiger charge is -2.04. The van der Waals surface area contributed by atoms with Gasteiger partial charge < -0.3 is 5.11 Å². The fraction of sp³-hybridized carbons (Fsp3) is 0.200. The minimum atomic E-state index is -1.07. The maximum atomic E-state index is 10.0. The number of rotatable bonds is 0. The Kier molecular flexibility index (Phi) is 2.33. The summed E-state index contributed by atoms with van der Waals surface area (Å²) in [5.41, 5.74) is 0. The van der Waals surface area contributed by atoms with Gasteiger partial charge in [0.15, 0.2) is 5.17 Å². The number of nitrogens with one attached hydrogen (secondary N) is 1. The maximum Gasteiger partial charge on any atom is 0.410 e. The zero-order valence-corrected chi connectivity index (χ0v) is 5.89. The lowest BCUT2D eigenvalue weighted by Crippen LogP contribution is -2.26. The van der Waals surface area contributed by atoms with Gasteiger partial charge in [-0.05, 0) is 0 Å². The van der Waals surface area contributed by atoms with Crippen LogP contribution in [-0.4, -0.2) is 22.1 Å². The van der Waals surface area contributed by atoms with Crippen LogP contribution in [0.15, 0.2) is 17.3 Å². The molecule has 1 aliphatic heterocycles. The van der Waals surface area contributed by atoms with E-state index < -0.39 is 6.09 Å². The molecule has 0 fully saturated rings. The van der Waals surface area contributed by atoms with Crippen LogP contribution in [0.4, 0.5) is 4.79 Å². The van der Waals surface area contributed by atoms with E-state index in [4.69, 9.17) is 5.11 Å². The summed E-state index contributed by atoms with van der Waals surface area (Å²) in [6.07, 6.45) is 2.38. The van der Waals surface area contributed by atoms with Gasteiger partial charge in [-0.1, -0.05) is 17.8 Å². The first-order chi connectivity index (χ1) is 4.79. The van der Waals surface area contributed by atoms with Crippen LogP contribution in [0.3, 0.4) is 0 Å². The van der Waals surface area contributed by atoms with Crippen molar-refractivity contribution in [3.05, 3.63) is 12.3 Å². The highest BCUT2D eigenvalue weighted by atomic mass is 32.2. The van der Waals surface area contributed by atoms with Crippen LogP contribution in [0.25, 0.3) is 0 Å². The minimum absolute atomic E-state index is 0.440. The summed E-state index contributed by atoms with van der Waals surface area (Å²) in [4.78, 5) is 13.8. The van der Waals surface area contributed by atoms with Crippen molar-refractivity contribution in [1.82, 2.24) is 5.32 Å². The summed E-state index contributed by atoms with van der Waals surface area (Å²) in [6, 6.07) is 0. The Morgan fingerprint density at radius 3 is 3.20 bits per heavy atom. The molecule has 4 nitrogen and oxygen atoms in total. The molecule has 0 saturated carbocycles. The second kappa shape index (κ2) is 3.26. The van der Waals surface area contributed by atoms with E-state index in [1.54, 1.807) is 6.20 Å². The van der Waals surface area contributed by atoms with Gasteiger partial charge in [0.1, 0.15) is 0 Å². The van der Waals surface area contributed by atoms with Crippen molar-refractivity contribution >= 4 is 23.0 Å². The van der Waals surface area contributed by atoms with Gasteiger partial charge in [-0.3, -0.25) is 5.32 Å². The first-order valence-corrected chi connectivity index (χ1v) is 3.63. The van der Waals surface area contributed by atoms with Crippen molar-refractivity contribution in [3.8, 4) is 0 Å². The smallest absolute Gasteiger partial charge is 0.410 e. The number of carboxylic acid groups (broad SMARTS) is 1. The van der Waals surface area contributed by atoms with E-state index in [1.165, 1.54) is 11.8 Å². The van der Waals surface area contributed by atoms with Crippen LogP contribution in [0, 0.1) is 0 Å². The maximum absolute atomic E-state index is 10.0. The molecule has 0 aromatic rings. The molecule has 0 saturated heterocycles. The number of hydrogen-bond donors (Lipinski definition) is 2. The first-order valence-electron chi connectivity index (χ1n) is 2.64. The number of hydrogen-bond acceptors (Lipinski definition) is 3. The zero-order valence-electron chi connectivity index (χ0n) is 5.07. The van der Waals surface area contributed by atoms with E-state index in [-0.39, 0.29) is 0 Å². The molecular weight excluding hydrogens is 152 g/mol. The van der Waals surface area contributed by atoms with Crippen LogP contribution >= 0.6 is 11.8 Å². The molecule has 2 N–H and O–H groups in total. The topological polar surface area (TPSA) is 61.7 Å². The Balaban J connectivity index is 2.47. The van der Waals surface area contributed by atoms with Crippen molar-refractivity contribution in [2.75, 3.05) is 5.75 Å². The monoisotopic (exact) mass is 158 g/mol. The van der Waals surface area contributed by atoms with Crippen molar-refractivity contribution in [2.45, 2.75) is 0 Å². The Hall–Kier alpha value is -0.970. The molecule has 0 bridgehead atoms. The predicted octanol–water partition coefficient (Wildman–Crippen LogP) is 0.870. The Labute approximate surface area is 62.0 Å². The van der Waals surface area contributed by atoms with Crippen molar-refractivity contribution in [1.29, 1.82) is 0 Å². The van der Waals surface area contributed by atoms with Crippen LogP contribution < -0.4 is 5.32 Å². The number of carbonyl (C=O) groups is 1. The molecule has 0 unspecified atom stereocenters. The summed E-state index contributed by atoms with van der Waals surface area (Å²) in [7, 11) is 0. The lowest BCUT2D eigenvalue weighted by molar-refractivity contribution is 0.200. The highest BCUT2D eigenvalue weighted by molar-refractivity contribution is 8.14. The number of thioether (sulfide) groups is 1. The standard InChI is InChI=1S/C5H6N2O2S/c8-5(9)7-4-6-2-1-3-10-4/h1-2H,3H2,(H,6,7)(H,8,9). The van der Waals surface area contributed by atoms with Gasteiger partial charge in [-0.25, -0.2) is 9.79 Å². The van der Waals surface area contributed by atoms with E-state index in [2.05, 4.69) is 10.3 Å². The largest absolute Gasteiger partial charge is 0.465 e. The minimum Gasteiger partial charge on any atom is -0.465 e. The Morgan fingerprint density at radius 2 is 2.70 bits per heavy atom. The van der Waals surface area contributed by atoms with Crippen LogP contribution in [0.1, 0.15) is 0 Å². The van der Waals surface area contributed by atoms with Gasteiger partial charge in [0.25, 0.3) is 0 Å². The predicted molar refractivity (Wildman–Crippen MR) is 40.2 cm³/mol. The zero-order chi connectivity index (χ0) is 7.40. The van der Waals surface area contributed by atoms with Crippen molar-refractivity contribution < 1.29 is 9.90 Å². The molecule has 0 spiro atoms. The van der Waals surface area contributed by atoms with Gasteiger partial charge in [-0.15, -0.1) is 0 Å². The van der Waals surface area contributed by atoms with E-state index in [0.717, 1.165) is 5.75 Å². The molecule has 0 aromatic heterocycles. The summed E-state index contributed by atoms with van der Waals surface area (Å²) in [5, 5.41) is 10.8.